The molecule has 1 heterocycles. The molecule has 0 N–H and O–H groups in total. The van der Waals surface area contributed by atoms with Crippen molar-refractivity contribution in [2.24, 2.45) is 0 Å². The summed E-state index contributed by atoms with van der Waals surface area (Å²) in [7, 11) is -3.76. The molecule has 0 unspecified atom stereocenters. The molecular formula is C20H23NO4S. The number of rotatable bonds is 6. The monoisotopic (exact) mass is 373 g/mol. The highest BCUT2D eigenvalue weighted by Gasteiger charge is 2.26. The van der Waals surface area contributed by atoms with Crippen molar-refractivity contribution in [1.29, 1.82) is 0 Å². The van der Waals surface area contributed by atoms with E-state index in [2.05, 4.69) is 20.4 Å². The van der Waals surface area contributed by atoms with Crippen LogP contribution in [0.1, 0.15) is 25.3 Å². The standard InChI is InChI=1S/C20H23NO4S/c1-4-11-21(17-7-5-16(6-8-17)15(2)3)26(22,23)18-9-10-19-20(14-18)25-13-12-24-19/h4-10,14-15H,1,11-13H2,2-3H3. The largest absolute Gasteiger partial charge is 0.486 e. The fraction of sp³-hybridized carbons (Fsp3) is 0.300. The van der Waals surface area contributed by atoms with Crippen molar-refractivity contribution >= 4 is 15.7 Å². The molecule has 0 bridgehead atoms. The van der Waals surface area contributed by atoms with Gasteiger partial charge in [-0.15, -0.1) is 6.58 Å². The molecule has 0 atom stereocenters. The van der Waals surface area contributed by atoms with Crippen molar-refractivity contribution in [3.63, 3.8) is 0 Å². The highest BCUT2D eigenvalue weighted by molar-refractivity contribution is 7.92. The molecule has 0 aromatic heterocycles. The summed E-state index contributed by atoms with van der Waals surface area (Å²) < 4.78 is 38.7. The van der Waals surface area contributed by atoms with E-state index >= 15 is 0 Å². The summed E-state index contributed by atoms with van der Waals surface area (Å²) in [6.07, 6.45) is 1.58. The van der Waals surface area contributed by atoms with Gasteiger partial charge in [0.05, 0.1) is 17.1 Å². The predicted molar refractivity (Wildman–Crippen MR) is 103 cm³/mol. The first kappa shape index (κ1) is 18.3. The third-order valence-corrected chi connectivity index (χ3v) is 6.03. The van der Waals surface area contributed by atoms with E-state index in [1.807, 2.05) is 24.3 Å². The van der Waals surface area contributed by atoms with E-state index in [4.69, 9.17) is 9.47 Å². The Hall–Kier alpha value is -2.47. The SMILES string of the molecule is C=CCN(c1ccc(C(C)C)cc1)S(=O)(=O)c1ccc2c(c1)OCCO2. The lowest BCUT2D eigenvalue weighted by molar-refractivity contribution is 0.171. The van der Waals surface area contributed by atoms with Crippen LogP contribution in [0.4, 0.5) is 5.69 Å². The van der Waals surface area contributed by atoms with E-state index in [9.17, 15) is 8.42 Å². The van der Waals surface area contributed by atoms with Gasteiger partial charge in [0.25, 0.3) is 10.0 Å². The summed E-state index contributed by atoms with van der Waals surface area (Å²) in [5, 5.41) is 0. The number of benzene rings is 2. The molecule has 0 amide bonds. The molecule has 6 heteroatoms. The molecular weight excluding hydrogens is 350 g/mol. The maximum atomic E-state index is 13.2. The fourth-order valence-corrected chi connectivity index (χ4v) is 4.25. The molecule has 0 saturated carbocycles. The van der Waals surface area contributed by atoms with E-state index in [0.717, 1.165) is 5.56 Å². The second-order valence-corrected chi connectivity index (χ2v) is 8.24. The van der Waals surface area contributed by atoms with Gasteiger partial charge in [-0.3, -0.25) is 4.31 Å². The zero-order valence-electron chi connectivity index (χ0n) is 15.0. The van der Waals surface area contributed by atoms with Crippen LogP contribution in [0.3, 0.4) is 0 Å². The highest BCUT2D eigenvalue weighted by Crippen LogP contribution is 2.34. The van der Waals surface area contributed by atoms with Gasteiger partial charge >= 0.3 is 0 Å². The van der Waals surface area contributed by atoms with Gasteiger partial charge in [-0.05, 0) is 35.7 Å². The van der Waals surface area contributed by atoms with Crippen LogP contribution >= 0.6 is 0 Å². The molecule has 138 valence electrons. The molecule has 2 aromatic rings. The van der Waals surface area contributed by atoms with Crippen molar-refractivity contribution in [2.45, 2.75) is 24.7 Å². The smallest absolute Gasteiger partial charge is 0.264 e. The van der Waals surface area contributed by atoms with Crippen molar-refractivity contribution in [3.05, 3.63) is 60.7 Å². The maximum Gasteiger partial charge on any atom is 0.264 e. The minimum Gasteiger partial charge on any atom is -0.486 e. The Morgan fingerprint density at radius 1 is 1.08 bits per heavy atom. The summed E-state index contributed by atoms with van der Waals surface area (Å²) in [5.74, 6) is 1.39. The van der Waals surface area contributed by atoms with E-state index < -0.39 is 10.0 Å². The third-order valence-electron chi connectivity index (χ3n) is 4.24. The molecule has 1 aliphatic rings. The third kappa shape index (κ3) is 3.55. The van der Waals surface area contributed by atoms with Gasteiger partial charge in [0.2, 0.25) is 0 Å². The van der Waals surface area contributed by atoms with Crippen LogP contribution < -0.4 is 13.8 Å². The molecule has 26 heavy (non-hydrogen) atoms. The molecule has 0 fully saturated rings. The van der Waals surface area contributed by atoms with Crippen molar-refractivity contribution in [2.75, 3.05) is 24.1 Å². The molecule has 0 saturated heterocycles. The van der Waals surface area contributed by atoms with Gasteiger partial charge in [-0.2, -0.15) is 0 Å². The number of fused-ring (bicyclic) bond motifs is 1. The summed E-state index contributed by atoms with van der Waals surface area (Å²) >= 11 is 0. The van der Waals surface area contributed by atoms with Crippen LogP contribution in [-0.4, -0.2) is 28.2 Å². The van der Waals surface area contributed by atoms with E-state index in [0.29, 0.717) is 36.3 Å². The number of sulfonamides is 1. The van der Waals surface area contributed by atoms with E-state index in [1.165, 1.54) is 10.4 Å². The Bertz CT molecular complexity index is 889. The second-order valence-electron chi connectivity index (χ2n) is 6.38. The van der Waals surface area contributed by atoms with Crippen LogP contribution in [0.2, 0.25) is 0 Å². The lowest BCUT2D eigenvalue weighted by atomic mass is 10.0. The lowest BCUT2D eigenvalue weighted by Gasteiger charge is -2.25. The Balaban J connectivity index is 1.99. The highest BCUT2D eigenvalue weighted by atomic mass is 32.2. The Morgan fingerprint density at radius 3 is 2.35 bits per heavy atom. The van der Waals surface area contributed by atoms with Gasteiger partial charge in [-0.1, -0.05) is 32.1 Å². The average Bonchev–Trinajstić information content (AvgIpc) is 2.65. The molecule has 3 rings (SSSR count). The quantitative estimate of drug-likeness (QED) is 0.719. The molecule has 2 aromatic carbocycles. The van der Waals surface area contributed by atoms with Gasteiger partial charge in [0.15, 0.2) is 11.5 Å². The van der Waals surface area contributed by atoms with Crippen LogP contribution in [0.15, 0.2) is 60.0 Å². The minimum atomic E-state index is -3.76. The lowest BCUT2D eigenvalue weighted by Crippen LogP contribution is -2.31. The zero-order valence-corrected chi connectivity index (χ0v) is 15.8. The molecule has 5 nitrogen and oxygen atoms in total. The molecule has 0 radical (unpaired) electrons. The maximum absolute atomic E-state index is 13.2. The number of ether oxygens (including phenoxy) is 2. The zero-order chi connectivity index (χ0) is 18.7. The van der Waals surface area contributed by atoms with Gasteiger partial charge in [0.1, 0.15) is 13.2 Å². The first-order valence-electron chi connectivity index (χ1n) is 8.56. The topological polar surface area (TPSA) is 55.8 Å². The number of hydrogen-bond donors (Lipinski definition) is 0. The molecule has 1 aliphatic heterocycles. The van der Waals surface area contributed by atoms with Gasteiger partial charge in [0, 0.05) is 6.07 Å². The predicted octanol–water partition coefficient (Wildman–Crippen LogP) is 3.96. The van der Waals surface area contributed by atoms with Crippen LogP contribution in [-0.2, 0) is 10.0 Å². The number of anilines is 1. The van der Waals surface area contributed by atoms with Crippen LogP contribution in [0.5, 0.6) is 11.5 Å². The fourth-order valence-electron chi connectivity index (χ4n) is 2.80. The second kappa shape index (κ2) is 7.41. The first-order chi connectivity index (χ1) is 12.4. The number of nitrogens with zero attached hydrogens (tertiary/aromatic N) is 1. The number of hydrogen-bond acceptors (Lipinski definition) is 4. The van der Waals surface area contributed by atoms with Crippen molar-refractivity contribution in [3.8, 4) is 11.5 Å². The van der Waals surface area contributed by atoms with Gasteiger partial charge < -0.3 is 9.47 Å². The summed E-state index contributed by atoms with van der Waals surface area (Å²) in [6.45, 7) is 8.94. The summed E-state index contributed by atoms with van der Waals surface area (Å²) in [5.41, 5.74) is 1.76. The van der Waals surface area contributed by atoms with Crippen molar-refractivity contribution < 1.29 is 17.9 Å². The molecule has 0 aliphatic carbocycles. The normalized spacial score (nSPS) is 13.5. The first-order valence-corrected chi connectivity index (χ1v) is 10.0. The average molecular weight is 373 g/mol. The van der Waals surface area contributed by atoms with Gasteiger partial charge in [-0.25, -0.2) is 8.42 Å². The summed E-state index contributed by atoms with van der Waals surface area (Å²) in [6, 6.07) is 12.3. The van der Waals surface area contributed by atoms with Crippen LogP contribution in [0, 0.1) is 0 Å². The Morgan fingerprint density at radius 2 is 1.73 bits per heavy atom. The summed E-state index contributed by atoms with van der Waals surface area (Å²) in [4.78, 5) is 0.163. The van der Waals surface area contributed by atoms with Crippen molar-refractivity contribution in [1.82, 2.24) is 0 Å². The Kier molecular flexibility index (Phi) is 5.23. The van der Waals surface area contributed by atoms with E-state index in [-0.39, 0.29) is 11.4 Å². The minimum absolute atomic E-state index is 0.163. The molecule has 0 spiro atoms. The Labute approximate surface area is 154 Å². The van der Waals surface area contributed by atoms with Crippen LogP contribution in [0.25, 0.3) is 0 Å². The van der Waals surface area contributed by atoms with E-state index in [1.54, 1.807) is 18.2 Å².